The van der Waals surface area contributed by atoms with Crippen LogP contribution < -0.4 is 0 Å². The first-order valence-corrected chi connectivity index (χ1v) is 9.69. The summed E-state index contributed by atoms with van der Waals surface area (Å²) in [6.45, 7) is 4.62. The van der Waals surface area contributed by atoms with E-state index in [1.165, 1.54) is 19.3 Å². The summed E-state index contributed by atoms with van der Waals surface area (Å²) >= 11 is 1.62. The smallest absolute Gasteiger partial charge is 0.223 e. The number of likely N-dealkylation sites (tertiary alicyclic amines) is 1. The van der Waals surface area contributed by atoms with Gasteiger partial charge in [0.1, 0.15) is 0 Å². The van der Waals surface area contributed by atoms with Crippen LogP contribution in [0.5, 0.6) is 0 Å². The SMILES string of the molecule is CCN(C)C(=O)CCN1CCCCCC1CC(O)c1cccs1. The summed E-state index contributed by atoms with van der Waals surface area (Å²) in [7, 11) is 1.86. The Hall–Kier alpha value is -0.910. The summed E-state index contributed by atoms with van der Waals surface area (Å²) in [5, 5.41) is 12.5. The van der Waals surface area contributed by atoms with Gasteiger partial charge in [-0.3, -0.25) is 9.69 Å². The second kappa shape index (κ2) is 9.40. The number of carbonyl (C=O) groups excluding carboxylic acids is 1. The van der Waals surface area contributed by atoms with Crippen molar-refractivity contribution in [1.29, 1.82) is 0 Å². The lowest BCUT2D eigenvalue weighted by Gasteiger charge is -2.31. The van der Waals surface area contributed by atoms with Crippen LogP contribution in [0.15, 0.2) is 17.5 Å². The van der Waals surface area contributed by atoms with Gasteiger partial charge in [-0.15, -0.1) is 11.3 Å². The predicted octanol–water partition coefficient (Wildman–Crippen LogP) is 3.28. The van der Waals surface area contributed by atoms with E-state index in [2.05, 4.69) is 4.90 Å². The molecule has 0 spiro atoms. The third-order valence-electron chi connectivity index (χ3n) is 4.88. The van der Waals surface area contributed by atoms with Gasteiger partial charge in [0.25, 0.3) is 0 Å². The summed E-state index contributed by atoms with van der Waals surface area (Å²) in [6.07, 6.45) is 5.78. The zero-order chi connectivity index (χ0) is 16.7. The largest absolute Gasteiger partial charge is 0.388 e. The Morgan fingerprint density at radius 3 is 3.00 bits per heavy atom. The number of aliphatic hydroxyl groups is 1. The third kappa shape index (κ3) is 5.59. The Bertz CT molecular complexity index is 464. The molecule has 1 aromatic heterocycles. The van der Waals surface area contributed by atoms with Gasteiger partial charge in [-0.1, -0.05) is 18.9 Å². The Balaban J connectivity index is 1.92. The molecule has 4 nitrogen and oxygen atoms in total. The van der Waals surface area contributed by atoms with Crippen molar-refractivity contribution >= 4 is 17.2 Å². The molecule has 1 N–H and O–H groups in total. The average molecular weight is 339 g/mol. The molecule has 2 rings (SSSR count). The van der Waals surface area contributed by atoms with Crippen LogP contribution in [0.3, 0.4) is 0 Å². The minimum Gasteiger partial charge on any atom is -0.388 e. The van der Waals surface area contributed by atoms with Crippen molar-refractivity contribution in [3.8, 4) is 0 Å². The topological polar surface area (TPSA) is 43.8 Å². The maximum atomic E-state index is 12.1. The number of rotatable bonds is 7. The molecule has 2 heterocycles. The predicted molar refractivity (Wildman–Crippen MR) is 95.7 cm³/mol. The lowest BCUT2D eigenvalue weighted by Crippen LogP contribution is -2.39. The highest BCUT2D eigenvalue weighted by Gasteiger charge is 2.25. The number of hydrogen-bond donors (Lipinski definition) is 1. The van der Waals surface area contributed by atoms with Crippen molar-refractivity contribution in [2.75, 3.05) is 26.7 Å². The number of thiophene rings is 1. The van der Waals surface area contributed by atoms with Crippen LogP contribution in [0, 0.1) is 0 Å². The van der Waals surface area contributed by atoms with E-state index in [0.717, 1.165) is 37.4 Å². The van der Waals surface area contributed by atoms with Gasteiger partial charge < -0.3 is 10.0 Å². The van der Waals surface area contributed by atoms with E-state index in [4.69, 9.17) is 0 Å². The molecular formula is C18H30N2O2S. The molecule has 1 aromatic rings. The van der Waals surface area contributed by atoms with Crippen LogP contribution in [0.25, 0.3) is 0 Å². The van der Waals surface area contributed by atoms with E-state index in [0.29, 0.717) is 12.5 Å². The Morgan fingerprint density at radius 2 is 2.30 bits per heavy atom. The summed E-state index contributed by atoms with van der Waals surface area (Å²) in [4.78, 5) is 17.3. The van der Waals surface area contributed by atoms with E-state index in [1.54, 1.807) is 16.2 Å². The van der Waals surface area contributed by atoms with Gasteiger partial charge in [-0.2, -0.15) is 0 Å². The van der Waals surface area contributed by atoms with Crippen molar-refractivity contribution in [1.82, 2.24) is 9.80 Å². The number of amides is 1. The van der Waals surface area contributed by atoms with Crippen LogP contribution in [0.2, 0.25) is 0 Å². The summed E-state index contributed by atoms with van der Waals surface area (Å²) < 4.78 is 0. The summed E-state index contributed by atoms with van der Waals surface area (Å²) in [5.74, 6) is 0.217. The van der Waals surface area contributed by atoms with Crippen molar-refractivity contribution < 1.29 is 9.90 Å². The first-order valence-electron chi connectivity index (χ1n) is 8.81. The minimum absolute atomic E-state index is 0.217. The second-order valence-corrected chi connectivity index (χ2v) is 7.44. The Kier molecular flexibility index (Phi) is 7.53. The monoisotopic (exact) mass is 338 g/mol. The van der Waals surface area contributed by atoms with Crippen LogP contribution in [-0.4, -0.2) is 53.5 Å². The molecule has 0 radical (unpaired) electrons. The lowest BCUT2D eigenvalue weighted by atomic mass is 10.0. The quantitative estimate of drug-likeness (QED) is 0.830. The molecule has 1 aliphatic rings. The first-order chi connectivity index (χ1) is 11.1. The molecule has 0 bridgehead atoms. The highest BCUT2D eigenvalue weighted by atomic mass is 32.1. The van der Waals surface area contributed by atoms with Crippen molar-refractivity contribution in [3.05, 3.63) is 22.4 Å². The van der Waals surface area contributed by atoms with E-state index >= 15 is 0 Å². The second-order valence-electron chi connectivity index (χ2n) is 6.46. The van der Waals surface area contributed by atoms with Crippen molar-refractivity contribution in [2.24, 2.45) is 0 Å². The maximum absolute atomic E-state index is 12.1. The summed E-state index contributed by atoms with van der Waals surface area (Å²) in [5.41, 5.74) is 0. The molecule has 5 heteroatoms. The highest BCUT2D eigenvalue weighted by molar-refractivity contribution is 7.10. The molecule has 1 aliphatic heterocycles. The molecule has 1 fully saturated rings. The van der Waals surface area contributed by atoms with Gasteiger partial charge in [0, 0.05) is 37.5 Å². The normalized spacial score (nSPS) is 20.9. The van der Waals surface area contributed by atoms with Crippen molar-refractivity contribution in [3.63, 3.8) is 0 Å². The van der Waals surface area contributed by atoms with Gasteiger partial charge in [0.05, 0.1) is 6.10 Å². The third-order valence-corrected chi connectivity index (χ3v) is 5.85. The number of nitrogens with zero attached hydrogens (tertiary/aromatic N) is 2. The highest BCUT2D eigenvalue weighted by Crippen LogP contribution is 2.28. The van der Waals surface area contributed by atoms with Crippen molar-refractivity contribution in [2.45, 2.75) is 57.6 Å². The first kappa shape index (κ1) is 18.4. The fraction of sp³-hybridized carbons (Fsp3) is 0.722. The zero-order valence-electron chi connectivity index (χ0n) is 14.4. The molecule has 0 aliphatic carbocycles. The fourth-order valence-electron chi connectivity index (χ4n) is 3.26. The molecule has 0 saturated carbocycles. The fourth-order valence-corrected chi connectivity index (χ4v) is 3.98. The molecule has 0 aromatic carbocycles. The Morgan fingerprint density at radius 1 is 1.48 bits per heavy atom. The van der Waals surface area contributed by atoms with E-state index in [9.17, 15) is 9.90 Å². The van der Waals surface area contributed by atoms with Crippen LogP contribution in [-0.2, 0) is 4.79 Å². The summed E-state index contributed by atoms with van der Waals surface area (Å²) in [6, 6.07) is 4.39. The average Bonchev–Trinajstić information content (AvgIpc) is 3.01. The number of carbonyl (C=O) groups is 1. The minimum atomic E-state index is -0.380. The lowest BCUT2D eigenvalue weighted by molar-refractivity contribution is -0.130. The van der Waals surface area contributed by atoms with Gasteiger partial charge >= 0.3 is 0 Å². The molecule has 2 unspecified atom stereocenters. The number of hydrogen-bond acceptors (Lipinski definition) is 4. The van der Waals surface area contributed by atoms with Crippen LogP contribution in [0.4, 0.5) is 0 Å². The van der Waals surface area contributed by atoms with E-state index in [-0.39, 0.29) is 12.0 Å². The molecule has 1 amide bonds. The van der Waals surface area contributed by atoms with Gasteiger partial charge in [-0.05, 0) is 44.2 Å². The maximum Gasteiger partial charge on any atom is 0.223 e. The molecule has 2 atom stereocenters. The molecule has 23 heavy (non-hydrogen) atoms. The van der Waals surface area contributed by atoms with Crippen LogP contribution in [0.1, 0.15) is 56.4 Å². The van der Waals surface area contributed by atoms with Gasteiger partial charge in [0.2, 0.25) is 5.91 Å². The van der Waals surface area contributed by atoms with E-state index < -0.39 is 0 Å². The van der Waals surface area contributed by atoms with Crippen LogP contribution >= 0.6 is 11.3 Å². The standard InChI is InChI=1S/C18H30N2O2S/c1-3-19(2)18(22)10-12-20-11-6-4-5-8-15(20)14-16(21)17-9-7-13-23-17/h7,9,13,15-16,21H,3-6,8,10-12,14H2,1-2H3. The number of aliphatic hydroxyl groups excluding tert-OH is 1. The van der Waals surface area contributed by atoms with E-state index in [1.807, 2.05) is 31.5 Å². The zero-order valence-corrected chi connectivity index (χ0v) is 15.2. The molecular weight excluding hydrogens is 308 g/mol. The Labute approximate surface area is 144 Å². The van der Waals surface area contributed by atoms with Gasteiger partial charge in [0.15, 0.2) is 0 Å². The van der Waals surface area contributed by atoms with Gasteiger partial charge in [-0.25, -0.2) is 0 Å². The molecule has 130 valence electrons. The molecule has 1 saturated heterocycles.